The molecule has 0 aromatic heterocycles. The number of aryl methyl sites for hydroxylation is 1. The van der Waals surface area contributed by atoms with Crippen LogP contribution in [-0.2, 0) is 20.7 Å². The van der Waals surface area contributed by atoms with Gasteiger partial charge >= 0.3 is 5.97 Å². The number of hydrogen-bond acceptors (Lipinski definition) is 3. The minimum absolute atomic E-state index is 0.0219. The Balaban J connectivity index is 2.81. The maximum atomic E-state index is 11.2. The van der Waals surface area contributed by atoms with Crippen LogP contribution in [0.3, 0.4) is 0 Å². The van der Waals surface area contributed by atoms with Gasteiger partial charge < -0.3 is 4.74 Å². The van der Waals surface area contributed by atoms with Gasteiger partial charge in [-0.25, -0.2) is 4.79 Å². The maximum absolute atomic E-state index is 11.2. The van der Waals surface area contributed by atoms with E-state index in [9.17, 15) is 9.59 Å². The van der Waals surface area contributed by atoms with Crippen molar-refractivity contribution in [2.24, 2.45) is 0 Å². The molecule has 0 N–H and O–H groups in total. The molecule has 0 atom stereocenters. The number of esters is 1. The molecule has 1 aromatic carbocycles. The van der Waals surface area contributed by atoms with Gasteiger partial charge in [-0.05, 0) is 30.2 Å². The average molecular weight is 227 g/mol. The molecular weight excluding hydrogens is 216 g/mol. The highest BCUT2D eigenvalue weighted by molar-refractivity contribution is 6.34. The van der Waals surface area contributed by atoms with E-state index in [4.69, 9.17) is 11.6 Å². The number of carbonyl (C=O) groups excluding carboxylic acids is 2. The molecule has 0 saturated carbocycles. The molecule has 0 bridgehead atoms. The fraction of sp³-hybridized carbons (Fsp3) is 0.273. The lowest BCUT2D eigenvalue weighted by Gasteiger charge is -2.02. The number of benzene rings is 1. The number of rotatable bonds is 3. The number of Topliss-reactive ketones (excluding diaryl/α,β-unsaturated/α-hetero) is 1. The SMILES string of the molecule is COC(=O)C(=O)Cc1cc(C)cc(Cl)c1. The number of carbonyl (C=O) groups is 2. The fourth-order valence-corrected chi connectivity index (χ4v) is 1.60. The molecule has 0 unspecified atom stereocenters. The van der Waals surface area contributed by atoms with Crippen molar-refractivity contribution in [3.8, 4) is 0 Å². The smallest absolute Gasteiger partial charge is 0.374 e. The molecule has 0 radical (unpaired) electrons. The third kappa shape index (κ3) is 3.36. The van der Waals surface area contributed by atoms with Crippen LogP contribution in [0.1, 0.15) is 11.1 Å². The predicted molar refractivity (Wildman–Crippen MR) is 56.9 cm³/mol. The number of halogens is 1. The normalized spacial score (nSPS) is 9.80. The van der Waals surface area contributed by atoms with Crippen molar-refractivity contribution < 1.29 is 14.3 Å². The van der Waals surface area contributed by atoms with Gasteiger partial charge in [0.1, 0.15) is 0 Å². The summed E-state index contributed by atoms with van der Waals surface area (Å²) in [5.74, 6) is -1.40. The molecule has 0 amide bonds. The number of hydrogen-bond donors (Lipinski definition) is 0. The molecule has 15 heavy (non-hydrogen) atoms. The molecule has 0 saturated heterocycles. The Bertz CT molecular complexity index is 379. The second-order valence-corrected chi connectivity index (χ2v) is 3.66. The van der Waals surface area contributed by atoms with E-state index < -0.39 is 11.8 Å². The van der Waals surface area contributed by atoms with Crippen molar-refractivity contribution in [1.82, 2.24) is 0 Å². The molecule has 0 spiro atoms. The molecule has 1 aromatic rings. The van der Waals surface area contributed by atoms with Crippen LogP contribution < -0.4 is 0 Å². The lowest BCUT2D eigenvalue weighted by Crippen LogP contribution is -2.17. The second-order valence-electron chi connectivity index (χ2n) is 3.23. The minimum Gasteiger partial charge on any atom is -0.463 e. The Kier molecular flexibility index (Phi) is 3.86. The van der Waals surface area contributed by atoms with Gasteiger partial charge in [0.05, 0.1) is 7.11 Å². The van der Waals surface area contributed by atoms with Crippen molar-refractivity contribution in [2.45, 2.75) is 13.3 Å². The number of methoxy groups -OCH3 is 1. The largest absolute Gasteiger partial charge is 0.463 e. The highest BCUT2D eigenvalue weighted by Crippen LogP contribution is 2.15. The van der Waals surface area contributed by atoms with Gasteiger partial charge in [-0.3, -0.25) is 4.79 Å². The summed E-state index contributed by atoms with van der Waals surface area (Å²) < 4.78 is 4.32. The molecule has 0 aliphatic rings. The van der Waals surface area contributed by atoms with Crippen LogP contribution in [-0.4, -0.2) is 18.9 Å². The summed E-state index contributed by atoms with van der Waals surface area (Å²) in [6, 6.07) is 5.26. The molecule has 0 fully saturated rings. The van der Waals surface area contributed by atoms with Crippen molar-refractivity contribution in [3.05, 3.63) is 34.3 Å². The van der Waals surface area contributed by atoms with Gasteiger partial charge in [0.25, 0.3) is 0 Å². The van der Waals surface area contributed by atoms with Crippen LogP contribution in [0.2, 0.25) is 5.02 Å². The summed E-state index contributed by atoms with van der Waals surface area (Å²) in [5, 5.41) is 0.558. The topological polar surface area (TPSA) is 43.4 Å². The van der Waals surface area contributed by atoms with Gasteiger partial charge in [0, 0.05) is 11.4 Å². The zero-order valence-corrected chi connectivity index (χ0v) is 9.30. The third-order valence-electron chi connectivity index (χ3n) is 1.88. The van der Waals surface area contributed by atoms with E-state index in [1.54, 1.807) is 12.1 Å². The van der Waals surface area contributed by atoms with E-state index in [-0.39, 0.29) is 6.42 Å². The Morgan fingerprint density at radius 3 is 2.53 bits per heavy atom. The van der Waals surface area contributed by atoms with Crippen LogP contribution in [0.15, 0.2) is 18.2 Å². The van der Waals surface area contributed by atoms with Crippen LogP contribution in [0, 0.1) is 6.92 Å². The van der Waals surface area contributed by atoms with Crippen LogP contribution in [0.4, 0.5) is 0 Å². The van der Waals surface area contributed by atoms with E-state index in [1.807, 2.05) is 13.0 Å². The van der Waals surface area contributed by atoms with E-state index in [0.29, 0.717) is 5.02 Å². The Morgan fingerprint density at radius 1 is 1.33 bits per heavy atom. The van der Waals surface area contributed by atoms with E-state index in [0.717, 1.165) is 11.1 Å². The summed E-state index contributed by atoms with van der Waals surface area (Å²) in [5.41, 5.74) is 1.67. The van der Waals surface area contributed by atoms with E-state index in [2.05, 4.69) is 4.74 Å². The molecule has 4 heteroatoms. The first-order valence-corrected chi connectivity index (χ1v) is 4.78. The first kappa shape index (κ1) is 11.7. The monoisotopic (exact) mass is 226 g/mol. The predicted octanol–water partition coefficient (Wildman–Crippen LogP) is 1.93. The van der Waals surface area contributed by atoms with Crippen LogP contribution in [0.5, 0.6) is 0 Å². The molecule has 0 aliphatic carbocycles. The molecular formula is C11H11ClO3. The quantitative estimate of drug-likeness (QED) is 0.584. The van der Waals surface area contributed by atoms with E-state index >= 15 is 0 Å². The third-order valence-corrected chi connectivity index (χ3v) is 2.10. The number of ketones is 1. The molecule has 1 rings (SSSR count). The summed E-state index contributed by atoms with van der Waals surface area (Å²) in [6.45, 7) is 1.87. The number of ether oxygens (including phenoxy) is 1. The minimum atomic E-state index is -0.826. The Hall–Kier alpha value is -1.35. The summed E-state index contributed by atoms with van der Waals surface area (Å²) >= 11 is 5.82. The van der Waals surface area contributed by atoms with E-state index in [1.165, 1.54) is 7.11 Å². The molecule has 0 heterocycles. The second kappa shape index (κ2) is 4.94. The van der Waals surface area contributed by atoms with Crippen molar-refractivity contribution in [1.29, 1.82) is 0 Å². The zero-order valence-electron chi connectivity index (χ0n) is 8.54. The zero-order chi connectivity index (χ0) is 11.4. The van der Waals surface area contributed by atoms with Crippen LogP contribution >= 0.6 is 11.6 Å². The van der Waals surface area contributed by atoms with Gasteiger partial charge in [-0.1, -0.05) is 17.7 Å². The summed E-state index contributed by atoms with van der Waals surface area (Å²) in [4.78, 5) is 22.1. The Morgan fingerprint density at radius 2 is 2.00 bits per heavy atom. The van der Waals surface area contributed by atoms with Crippen molar-refractivity contribution in [2.75, 3.05) is 7.11 Å². The van der Waals surface area contributed by atoms with Crippen molar-refractivity contribution >= 4 is 23.4 Å². The molecule has 80 valence electrons. The Labute approximate surface area is 93.0 Å². The summed E-state index contributed by atoms with van der Waals surface area (Å²) in [6.07, 6.45) is 0.0219. The van der Waals surface area contributed by atoms with Crippen LogP contribution in [0.25, 0.3) is 0 Å². The first-order valence-electron chi connectivity index (χ1n) is 4.40. The first-order chi connectivity index (χ1) is 7.02. The highest BCUT2D eigenvalue weighted by atomic mass is 35.5. The maximum Gasteiger partial charge on any atom is 0.374 e. The fourth-order valence-electron chi connectivity index (χ4n) is 1.29. The lowest BCUT2D eigenvalue weighted by atomic mass is 10.1. The standard InChI is InChI=1S/C11H11ClO3/c1-7-3-8(5-9(12)4-7)6-10(13)11(14)15-2/h3-5H,6H2,1-2H3. The molecule has 0 aliphatic heterocycles. The molecule has 3 nitrogen and oxygen atoms in total. The summed E-state index contributed by atoms with van der Waals surface area (Å²) in [7, 11) is 1.18. The lowest BCUT2D eigenvalue weighted by molar-refractivity contribution is -0.151. The average Bonchev–Trinajstić information content (AvgIpc) is 2.14. The van der Waals surface area contributed by atoms with Gasteiger partial charge in [0.15, 0.2) is 0 Å². The van der Waals surface area contributed by atoms with Gasteiger partial charge in [-0.15, -0.1) is 0 Å². The van der Waals surface area contributed by atoms with Gasteiger partial charge in [0.2, 0.25) is 5.78 Å². The van der Waals surface area contributed by atoms with Gasteiger partial charge in [-0.2, -0.15) is 0 Å². The highest BCUT2D eigenvalue weighted by Gasteiger charge is 2.14. The van der Waals surface area contributed by atoms with Crippen molar-refractivity contribution in [3.63, 3.8) is 0 Å².